The van der Waals surface area contributed by atoms with Gasteiger partial charge in [-0.3, -0.25) is 0 Å². The van der Waals surface area contributed by atoms with Crippen LogP contribution in [0.4, 0.5) is 0 Å². The lowest BCUT2D eigenvalue weighted by Crippen LogP contribution is -2.03. The maximum Gasteiger partial charge on any atom is 0.341 e. The second kappa shape index (κ2) is 5.73. The van der Waals surface area contributed by atoms with Crippen molar-refractivity contribution in [1.82, 2.24) is 0 Å². The van der Waals surface area contributed by atoms with Crippen molar-refractivity contribution in [3.05, 3.63) is 49.6 Å². The average molecular weight is 348 g/mol. The summed E-state index contributed by atoms with van der Waals surface area (Å²) in [7, 11) is 0. The lowest BCUT2D eigenvalue weighted by atomic mass is 10.2. The van der Waals surface area contributed by atoms with Crippen LogP contribution in [0.25, 0.3) is 0 Å². The Bertz CT molecular complexity index is 582. The number of carboxylic acid groups (broad SMARTS) is 1. The summed E-state index contributed by atoms with van der Waals surface area (Å²) in [5.41, 5.74) is -0.00483. The van der Waals surface area contributed by atoms with Crippen LogP contribution in [0, 0.1) is 0 Å². The van der Waals surface area contributed by atoms with E-state index in [1.807, 2.05) is 11.4 Å². The predicted octanol–water partition coefficient (Wildman–Crippen LogP) is 4.44. The monoisotopic (exact) mass is 346 g/mol. The van der Waals surface area contributed by atoms with Crippen LogP contribution in [0.5, 0.6) is 5.75 Å². The maximum atomic E-state index is 11.1. The largest absolute Gasteiger partial charge is 0.487 e. The number of carbonyl (C=O) groups is 1. The van der Waals surface area contributed by atoms with E-state index in [4.69, 9.17) is 21.4 Å². The topological polar surface area (TPSA) is 46.5 Å². The van der Waals surface area contributed by atoms with Crippen molar-refractivity contribution in [3.8, 4) is 5.75 Å². The van der Waals surface area contributed by atoms with Crippen LogP contribution in [0.1, 0.15) is 15.2 Å². The number of ether oxygens (including phenoxy) is 1. The Labute approximate surface area is 121 Å². The Hall–Kier alpha value is -1.04. The van der Waals surface area contributed by atoms with E-state index in [-0.39, 0.29) is 16.3 Å². The standard InChI is InChI=1S/C12H8BrClO3S/c13-7-4-8(18-6-7)5-17-10-3-1-2-9(14)11(10)12(15)16/h1-4,6H,5H2,(H,15,16). The third kappa shape index (κ3) is 3.04. The molecule has 94 valence electrons. The molecule has 0 saturated heterocycles. The van der Waals surface area contributed by atoms with Crippen molar-refractivity contribution in [2.45, 2.75) is 6.61 Å². The van der Waals surface area contributed by atoms with E-state index in [0.29, 0.717) is 6.61 Å². The molecule has 0 amide bonds. The summed E-state index contributed by atoms with van der Waals surface area (Å²) in [4.78, 5) is 12.1. The van der Waals surface area contributed by atoms with Gasteiger partial charge in [-0.15, -0.1) is 11.3 Å². The van der Waals surface area contributed by atoms with Gasteiger partial charge in [-0.25, -0.2) is 4.79 Å². The molecule has 1 heterocycles. The van der Waals surface area contributed by atoms with Crippen LogP contribution in [-0.4, -0.2) is 11.1 Å². The summed E-state index contributed by atoms with van der Waals surface area (Å²) in [6.45, 7) is 0.316. The summed E-state index contributed by atoms with van der Waals surface area (Å²) in [5, 5.41) is 11.2. The van der Waals surface area contributed by atoms with Gasteiger partial charge in [-0.05, 0) is 34.1 Å². The molecule has 2 aromatic rings. The molecule has 0 spiro atoms. The lowest BCUT2D eigenvalue weighted by molar-refractivity contribution is 0.0692. The molecule has 0 fully saturated rings. The first-order chi connectivity index (χ1) is 8.58. The van der Waals surface area contributed by atoms with Gasteiger partial charge in [0.05, 0.1) is 5.02 Å². The van der Waals surface area contributed by atoms with E-state index >= 15 is 0 Å². The highest BCUT2D eigenvalue weighted by molar-refractivity contribution is 9.10. The van der Waals surface area contributed by atoms with Crippen LogP contribution in [0.2, 0.25) is 5.02 Å². The van der Waals surface area contributed by atoms with Gasteiger partial charge in [0, 0.05) is 14.7 Å². The SMILES string of the molecule is O=C(O)c1c(Cl)cccc1OCc1cc(Br)cs1. The molecule has 6 heteroatoms. The normalized spacial score (nSPS) is 10.3. The fourth-order valence-electron chi connectivity index (χ4n) is 1.41. The van der Waals surface area contributed by atoms with E-state index in [1.165, 1.54) is 17.4 Å². The molecule has 0 atom stereocenters. The number of hydrogen-bond acceptors (Lipinski definition) is 3. The van der Waals surface area contributed by atoms with Crippen molar-refractivity contribution in [2.24, 2.45) is 0 Å². The second-order valence-corrected chi connectivity index (χ2v) is 5.76. The first-order valence-electron chi connectivity index (χ1n) is 4.95. The molecule has 2 rings (SSSR count). The number of rotatable bonds is 4. The molecule has 18 heavy (non-hydrogen) atoms. The lowest BCUT2D eigenvalue weighted by Gasteiger charge is -2.09. The molecule has 1 aromatic carbocycles. The van der Waals surface area contributed by atoms with Crippen molar-refractivity contribution < 1.29 is 14.6 Å². The van der Waals surface area contributed by atoms with Gasteiger partial charge in [0.25, 0.3) is 0 Å². The Morgan fingerprint density at radius 3 is 2.89 bits per heavy atom. The molecule has 0 bridgehead atoms. The van der Waals surface area contributed by atoms with E-state index in [9.17, 15) is 4.79 Å². The number of thiophene rings is 1. The minimum absolute atomic E-state index is 0.00483. The zero-order valence-corrected chi connectivity index (χ0v) is 12.2. The molecular formula is C12H8BrClO3S. The van der Waals surface area contributed by atoms with Gasteiger partial charge >= 0.3 is 5.97 Å². The van der Waals surface area contributed by atoms with E-state index in [1.54, 1.807) is 12.1 Å². The third-order valence-electron chi connectivity index (χ3n) is 2.18. The van der Waals surface area contributed by atoms with E-state index < -0.39 is 5.97 Å². The van der Waals surface area contributed by atoms with Crippen LogP contribution in [0.3, 0.4) is 0 Å². The fourth-order valence-corrected chi connectivity index (χ4v) is 3.02. The molecule has 0 radical (unpaired) electrons. The van der Waals surface area contributed by atoms with Gasteiger partial charge in [-0.1, -0.05) is 17.7 Å². The minimum Gasteiger partial charge on any atom is -0.487 e. The average Bonchev–Trinajstić information content (AvgIpc) is 2.72. The van der Waals surface area contributed by atoms with Crippen molar-refractivity contribution in [2.75, 3.05) is 0 Å². The van der Waals surface area contributed by atoms with E-state index in [2.05, 4.69) is 15.9 Å². The van der Waals surface area contributed by atoms with Gasteiger partial charge in [0.15, 0.2) is 0 Å². The molecule has 1 aromatic heterocycles. The summed E-state index contributed by atoms with van der Waals surface area (Å²) in [5.74, 6) is -0.817. The summed E-state index contributed by atoms with van der Waals surface area (Å²) < 4.78 is 6.49. The molecule has 3 nitrogen and oxygen atoms in total. The molecule has 0 aliphatic rings. The molecule has 0 aliphatic heterocycles. The van der Waals surface area contributed by atoms with Gasteiger partial charge in [-0.2, -0.15) is 0 Å². The highest BCUT2D eigenvalue weighted by Gasteiger charge is 2.15. The number of benzene rings is 1. The number of carboxylic acids is 1. The van der Waals surface area contributed by atoms with Crippen LogP contribution >= 0.6 is 38.9 Å². The molecule has 0 unspecified atom stereocenters. The van der Waals surface area contributed by atoms with Gasteiger partial charge < -0.3 is 9.84 Å². The maximum absolute atomic E-state index is 11.1. The van der Waals surface area contributed by atoms with E-state index in [0.717, 1.165) is 9.35 Å². The minimum atomic E-state index is -1.09. The number of hydrogen-bond donors (Lipinski definition) is 1. The van der Waals surface area contributed by atoms with Crippen LogP contribution in [-0.2, 0) is 6.61 Å². The molecule has 0 saturated carbocycles. The first kappa shape index (κ1) is 13.4. The molecule has 1 N–H and O–H groups in total. The van der Waals surface area contributed by atoms with Crippen LogP contribution in [0.15, 0.2) is 34.1 Å². The fraction of sp³-hybridized carbons (Fsp3) is 0.0833. The number of halogens is 2. The highest BCUT2D eigenvalue weighted by atomic mass is 79.9. The Kier molecular flexibility index (Phi) is 4.27. The zero-order valence-electron chi connectivity index (χ0n) is 9.02. The van der Waals surface area contributed by atoms with Gasteiger partial charge in [0.2, 0.25) is 0 Å². The smallest absolute Gasteiger partial charge is 0.341 e. The Morgan fingerprint density at radius 2 is 2.28 bits per heavy atom. The number of aromatic carboxylic acids is 1. The summed E-state index contributed by atoms with van der Waals surface area (Å²) in [6, 6.07) is 6.71. The first-order valence-corrected chi connectivity index (χ1v) is 7.00. The van der Waals surface area contributed by atoms with Crippen LogP contribution < -0.4 is 4.74 Å². The third-order valence-corrected chi connectivity index (χ3v) is 4.17. The summed E-state index contributed by atoms with van der Waals surface area (Å²) >= 11 is 10.7. The quantitative estimate of drug-likeness (QED) is 0.889. The molecule has 0 aliphatic carbocycles. The van der Waals surface area contributed by atoms with Crippen molar-refractivity contribution in [1.29, 1.82) is 0 Å². The second-order valence-electron chi connectivity index (χ2n) is 3.44. The highest BCUT2D eigenvalue weighted by Crippen LogP contribution is 2.28. The summed E-state index contributed by atoms with van der Waals surface area (Å²) in [6.07, 6.45) is 0. The van der Waals surface area contributed by atoms with Crippen molar-refractivity contribution >= 4 is 44.8 Å². The zero-order chi connectivity index (χ0) is 13.1. The Balaban J connectivity index is 2.19. The van der Waals surface area contributed by atoms with Crippen molar-refractivity contribution in [3.63, 3.8) is 0 Å². The predicted molar refractivity (Wildman–Crippen MR) is 74.8 cm³/mol. The Morgan fingerprint density at radius 1 is 1.50 bits per heavy atom. The van der Waals surface area contributed by atoms with Gasteiger partial charge in [0.1, 0.15) is 17.9 Å². The molecular weight excluding hydrogens is 340 g/mol.